The second-order valence-corrected chi connectivity index (χ2v) is 14.5. The maximum Gasteiger partial charge on any atom is 0.338 e. The first-order valence-corrected chi connectivity index (χ1v) is 20.6. The lowest BCUT2D eigenvalue weighted by atomic mass is 9.96. The molecule has 0 N–H and O–H groups in total. The van der Waals surface area contributed by atoms with E-state index in [1.54, 1.807) is 60.7 Å². The summed E-state index contributed by atoms with van der Waals surface area (Å²) in [6.07, 6.45) is -7.69. The molecule has 6 rings (SSSR count). The van der Waals surface area contributed by atoms with Crippen LogP contribution in [0.3, 0.4) is 0 Å². The average Bonchev–Trinajstić information content (AvgIpc) is 3.34. The minimum atomic E-state index is -1.06. The van der Waals surface area contributed by atoms with Gasteiger partial charge in [-0.05, 0) is 46.5 Å². The molecule has 66 heavy (non-hydrogen) atoms. The molecule has 0 aliphatic carbocycles. The molecule has 2 heterocycles. The van der Waals surface area contributed by atoms with Crippen molar-refractivity contribution < 1.29 is 66.5 Å². The summed E-state index contributed by atoms with van der Waals surface area (Å²) in [6, 6.07) is 33.6. The Bertz CT molecular complexity index is 2090. The molecule has 2 aliphatic heterocycles. The Morgan fingerprint density at radius 3 is 1.17 bits per heavy atom. The predicted molar refractivity (Wildman–Crippen MR) is 232 cm³/mol. The van der Waals surface area contributed by atoms with Gasteiger partial charge in [-0.1, -0.05) is 107 Å². The van der Waals surface area contributed by atoms with Crippen molar-refractivity contribution in [3.8, 4) is 0 Å². The summed E-state index contributed by atoms with van der Waals surface area (Å²) in [6.45, 7) is 2.31. The SMILES string of the molecule is CO[C@@H]1OC(COC(=O)c2ccccc2)[C@H](OC(C)=O)[C@H](N=[N+]=[N-])C1OCc1ccccc1.CO[C@H]1OC(COC(=O)c2ccccc2)[C@H](OC(C)=O)[C@H](N=[N+]=[N-])C1OCc1ccccc1. The van der Waals surface area contributed by atoms with Gasteiger partial charge < -0.3 is 47.4 Å². The van der Waals surface area contributed by atoms with Crippen LogP contribution in [0.2, 0.25) is 0 Å². The summed E-state index contributed by atoms with van der Waals surface area (Å²) in [7, 11) is 2.83. The Balaban J connectivity index is 0.000000247. The Kier molecular flexibility index (Phi) is 19.9. The molecule has 0 aromatic heterocycles. The van der Waals surface area contributed by atoms with Crippen LogP contribution in [0.15, 0.2) is 132 Å². The van der Waals surface area contributed by atoms with Gasteiger partial charge in [0.05, 0.1) is 24.3 Å². The van der Waals surface area contributed by atoms with Gasteiger partial charge in [0.1, 0.15) is 61.9 Å². The number of nitrogens with zero attached hydrogens (tertiary/aromatic N) is 6. The molecule has 20 heteroatoms. The summed E-state index contributed by atoms with van der Waals surface area (Å²) in [5, 5.41) is 7.65. The number of carbonyl (C=O) groups is 4. The summed E-state index contributed by atoms with van der Waals surface area (Å²) in [5.74, 6) is -2.37. The van der Waals surface area contributed by atoms with Gasteiger partial charge in [-0.3, -0.25) is 9.59 Å². The number of methoxy groups -OCH3 is 2. The Morgan fingerprint density at radius 2 is 0.864 bits per heavy atom. The van der Waals surface area contributed by atoms with Crippen LogP contribution in [0.4, 0.5) is 0 Å². The second-order valence-electron chi connectivity index (χ2n) is 14.5. The third-order valence-electron chi connectivity index (χ3n) is 10.0. The van der Waals surface area contributed by atoms with Gasteiger partial charge in [0.2, 0.25) is 0 Å². The number of carbonyl (C=O) groups excluding carboxylic acids is 4. The fourth-order valence-corrected chi connectivity index (χ4v) is 7.01. The Labute approximate surface area is 380 Å². The number of ether oxygens (including phenoxy) is 10. The molecule has 4 unspecified atom stereocenters. The van der Waals surface area contributed by atoms with Crippen LogP contribution < -0.4 is 0 Å². The largest absolute Gasteiger partial charge is 0.459 e. The molecule has 10 atom stereocenters. The molecule has 0 spiro atoms. The zero-order chi connectivity index (χ0) is 47.3. The van der Waals surface area contributed by atoms with E-state index in [0.717, 1.165) is 11.1 Å². The van der Waals surface area contributed by atoms with Crippen molar-refractivity contribution >= 4 is 23.9 Å². The Morgan fingerprint density at radius 1 is 0.530 bits per heavy atom. The summed E-state index contributed by atoms with van der Waals surface area (Å²) in [4.78, 5) is 54.2. The van der Waals surface area contributed by atoms with E-state index in [-0.39, 0.29) is 26.4 Å². The van der Waals surface area contributed by atoms with Gasteiger partial charge in [-0.25, -0.2) is 9.59 Å². The molecular weight excluding hydrogens is 861 g/mol. The van der Waals surface area contributed by atoms with E-state index in [1.807, 2.05) is 60.7 Å². The van der Waals surface area contributed by atoms with E-state index < -0.39 is 85.2 Å². The summed E-state index contributed by atoms with van der Waals surface area (Å²) >= 11 is 0. The van der Waals surface area contributed by atoms with Gasteiger partial charge in [-0.2, -0.15) is 0 Å². The van der Waals surface area contributed by atoms with Gasteiger partial charge >= 0.3 is 23.9 Å². The number of benzene rings is 4. The smallest absolute Gasteiger partial charge is 0.338 e. The molecule has 2 fully saturated rings. The zero-order valence-corrected chi connectivity index (χ0v) is 36.5. The third kappa shape index (κ3) is 14.6. The molecule has 20 nitrogen and oxygen atoms in total. The topological polar surface area (TPSA) is 258 Å². The quantitative estimate of drug-likeness (QED) is 0.0326. The monoisotopic (exact) mass is 910 g/mol. The summed E-state index contributed by atoms with van der Waals surface area (Å²) in [5.41, 5.74) is 20.8. The highest BCUT2D eigenvalue weighted by Crippen LogP contribution is 2.32. The van der Waals surface area contributed by atoms with Crippen molar-refractivity contribution in [2.75, 3.05) is 27.4 Å². The fourth-order valence-electron chi connectivity index (χ4n) is 7.01. The molecule has 348 valence electrons. The first-order valence-electron chi connectivity index (χ1n) is 20.6. The van der Waals surface area contributed by atoms with E-state index in [1.165, 1.54) is 28.1 Å². The molecule has 0 amide bonds. The molecule has 0 radical (unpaired) electrons. The number of esters is 4. The van der Waals surface area contributed by atoms with Crippen molar-refractivity contribution in [1.82, 2.24) is 0 Å². The Hall–Kier alpha value is -6.86. The van der Waals surface area contributed by atoms with Gasteiger partial charge in [0.15, 0.2) is 12.6 Å². The molecule has 4 aromatic rings. The van der Waals surface area contributed by atoms with Crippen LogP contribution in [-0.2, 0) is 70.2 Å². The average molecular weight is 911 g/mol. The lowest BCUT2D eigenvalue weighted by Gasteiger charge is -2.43. The maximum atomic E-state index is 12.4. The predicted octanol–water partition coefficient (Wildman–Crippen LogP) is 6.82. The number of rotatable bonds is 18. The van der Waals surface area contributed by atoms with Crippen LogP contribution in [0.1, 0.15) is 45.7 Å². The zero-order valence-electron chi connectivity index (χ0n) is 36.5. The molecular formula is C46H50N6O14. The number of hydrogen-bond donors (Lipinski definition) is 0. The van der Waals surface area contributed by atoms with E-state index in [4.69, 9.17) is 47.4 Å². The number of azide groups is 2. The minimum absolute atomic E-state index is 0.187. The van der Waals surface area contributed by atoms with Gasteiger partial charge in [0.25, 0.3) is 0 Å². The standard InChI is InChI=1S/2C23H25N3O7/c2*1-15(27)32-20-18(14-31-22(28)17-11-7-4-8-12-17)33-23(29-2)21(19(20)25-26-24)30-13-16-9-5-3-6-10-16/h2*3-12,18-21,23H,13-14H2,1-2H3/t18?,19-,20-,21?,23+;18?,19-,20-,21?,23-/m00/s1. The van der Waals surface area contributed by atoms with E-state index in [9.17, 15) is 30.2 Å². The molecule has 2 aliphatic rings. The van der Waals surface area contributed by atoms with Crippen molar-refractivity contribution in [2.45, 2.75) is 88.3 Å². The fraction of sp³-hybridized carbons (Fsp3) is 0.391. The second kappa shape index (κ2) is 26.2. The van der Waals surface area contributed by atoms with Crippen LogP contribution in [0.25, 0.3) is 20.9 Å². The van der Waals surface area contributed by atoms with Crippen LogP contribution >= 0.6 is 0 Å². The number of hydrogen-bond acceptors (Lipinski definition) is 16. The first kappa shape index (κ1) is 50.1. The first-order chi connectivity index (χ1) is 32.1. The lowest BCUT2D eigenvalue weighted by Crippen LogP contribution is -2.60. The van der Waals surface area contributed by atoms with E-state index >= 15 is 0 Å². The third-order valence-corrected chi connectivity index (χ3v) is 10.0. The molecule has 2 saturated heterocycles. The van der Waals surface area contributed by atoms with Gasteiger partial charge in [-0.15, -0.1) is 0 Å². The van der Waals surface area contributed by atoms with Crippen LogP contribution in [-0.4, -0.2) is 113 Å². The highest BCUT2D eigenvalue weighted by atomic mass is 16.7. The highest BCUT2D eigenvalue weighted by molar-refractivity contribution is 5.89. The van der Waals surface area contributed by atoms with Crippen molar-refractivity contribution in [2.24, 2.45) is 10.2 Å². The highest BCUT2D eigenvalue weighted by Gasteiger charge is 2.50. The van der Waals surface area contributed by atoms with Crippen LogP contribution in [0.5, 0.6) is 0 Å². The maximum absolute atomic E-state index is 12.4. The van der Waals surface area contributed by atoms with E-state index in [2.05, 4.69) is 20.1 Å². The molecule has 0 bridgehead atoms. The van der Waals surface area contributed by atoms with Crippen LogP contribution in [0, 0.1) is 0 Å². The van der Waals surface area contributed by atoms with E-state index in [0.29, 0.717) is 11.1 Å². The van der Waals surface area contributed by atoms with Gasteiger partial charge in [0, 0.05) is 37.9 Å². The van der Waals surface area contributed by atoms with Crippen molar-refractivity contribution in [3.63, 3.8) is 0 Å². The lowest BCUT2D eigenvalue weighted by molar-refractivity contribution is -0.281. The van der Waals surface area contributed by atoms with Crippen molar-refractivity contribution in [3.05, 3.63) is 164 Å². The molecule has 4 aromatic carbocycles. The summed E-state index contributed by atoms with van der Waals surface area (Å²) < 4.78 is 56.3. The molecule has 0 saturated carbocycles. The van der Waals surface area contributed by atoms with Crippen molar-refractivity contribution in [1.29, 1.82) is 0 Å². The normalized spacial score (nSPS) is 24.4. The minimum Gasteiger partial charge on any atom is -0.459 e.